The highest BCUT2D eigenvalue weighted by Crippen LogP contribution is 2.33. The molecule has 0 amide bonds. The van der Waals surface area contributed by atoms with Gasteiger partial charge in [0.25, 0.3) is 5.56 Å². The molecule has 8 heteroatoms. The molecule has 0 atom stereocenters. The largest absolute Gasteiger partial charge is 0.325 e. The maximum atomic E-state index is 12.1. The van der Waals surface area contributed by atoms with Gasteiger partial charge in [-0.05, 0) is 29.8 Å². The van der Waals surface area contributed by atoms with E-state index in [-0.39, 0.29) is 12.1 Å². The highest BCUT2D eigenvalue weighted by molar-refractivity contribution is 5.91. The lowest BCUT2D eigenvalue weighted by Gasteiger charge is -2.10. The zero-order valence-electron chi connectivity index (χ0n) is 15.1. The van der Waals surface area contributed by atoms with Crippen LogP contribution >= 0.6 is 0 Å². The van der Waals surface area contributed by atoms with E-state index in [4.69, 9.17) is 5.73 Å². The van der Waals surface area contributed by atoms with Crippen molar-refractivity contribution in [3.63, 3.8) is 0 Å². The number of rotatable bonds is 3. The van der Waals surface area contributed by atoms with Gasteiger partial charge in [-0.2, -0.15) is 10.2 Å². The van der Waals surface area contributed by atoms with Crippen LogP contribution in [0.3, 0.4) is 0 Å². The lowest BCUT2D eigenvalue weighted by molar-refractivity contribution is 0.772. The van der Waals surface area contributed by atoms with Gasteiger partial charge in [-0.15, -0.1) is 0 Å². The number of nitrogens with two attached hydrogens (primary N) is 1. The quantitative estimate of drug-likeness (QED) is 0.505. The molecule has 0 unspecified atom stereocenters. The molecule has 0 aliphatic rings. The number of pyridine rings is 1. The average Bonchev–Trinajstić information content (AvgIpc) is 3.34. The van der Waals surface area contributed by atoms with Crippen LogP contribution in [-0.4, -0.2) is 29.4 Å². The zero-order valence-corrected chi connectivity index (χ0v) is 15.1. The minimum Gasteiger partial charge on any atom is -0.325 e. The van der Waals surface area contributed by atoms with Gasteiger partial charge in [-0.3, -0.25) is 13.9 Å². The second kappa shape index (κ2) is 6.14. The van der Waals surface area contributed by atoms with Gasteiger partial charge in [0.15, 0.2) is 0 Å². The maximum Gasteiger partial charge on any atom is 0.272 e. The molecular weight excluding hydrogens is 354 g/mol. The number of hydrogen-bond acceptors (Lipinski definition) is 5. The lowest BCUT2D eigenvalue weighted by Crippen LogP contribution is -2.13. The highest BCUT2D eigenvalue weighted by Gasteiger charge is 2.17. The first-order chi connectivity index (χ1) is 13.7. The summed E-state index contributed by atoms with van der Waals surface area (Å²) < 4.78 is 3.87. The Hall–Kier alpha value is -3.78. The number of nitrogens with one attached hydrogen (secondary N) is 1. The maximum absolute atomic E-state index is 12.1. The number of hydrogen-bond donors (Lipinski definition) is 2. The summed E-state index contributed by atoms with van der Waals surface area (Å²) in [5, 5.41) is 12.4. The van der Waals surface area contributed by atoms with Crippen LogP contribution in [0.4, 0.5) is 0 Å². The Morgan fingerprint density at radius 2 is 2.04 bits per heavy atom. The number of fused-ring (bicyclic) bond motifs is 2. The Morgan fingerprint density at radius 3 is 2.89 bits per heavy atom. The van der Waals surface area contributed by atoms with Gasteiger partial charge in [-0.1, -0.05) is 12.1 Å². The van der Waals surface area contributed by atoms with Crippen molar-refractivity contribution in [3.8, 4) is 22.5 Å². The average molecular weight is 371 g/mol. The summed E-state index contributed by atoms with van der Waals surface area (Å²) in [6.45, 7) is 0.241. The Bertz CT molecular complexity index is 1390. The molecule has 0 spiro atoms. The summed E-state index contributed by atoms with van der Waals surface area (Å²) in [7, 11) is 1.91. The van der Waals surface area contributed by atoms with Crippen molar-refractivity contribution in [2.75, 3.05) is 0 Å². The lowest BCUT2D eigenvalue weighted by atomic mass is 10.00. The fraction of sp³-hybridized carbons (Fsp3) is 0.100. The van der Waals surface area contributed by atoms with E-state index >= 15 is 0 Å². The SMILES string of the molecule is Cn1ncc(-c2ccc3c(=O)[nH]nc(CN)c3c2)c1-c1cccc2cncn12. The smallest absolute Gasteiger partial charge is 0.272 e. The Labute approximate surface area is 159 Å². The monoisotopic (exact) mass is 371 g/mol. The van der Waals surface area contributed by atoms with Gasteiger partial charge >= 0.3 is 0 Å². The molecule has 0 bridgehead atoms. The van der Waals surface area contributed by atoms with Gasteiger partial charge < -0.3 is 5.73 Å². The normalized spacial score (nSPS) is 11.5. The predicted octanol–water partition coefficient (Wildman–Crippen LogP) is 2.10. The predicted molar refractivity (Wildman–Crippen MR) is 107 cm³/mol. The third kappa shape index (κ3) is 2.35. The summed E-state index contributed by atoms with van der Waals surface area (Å²) in [5.74, 6) is 0. The first kappa shape index (κ1) is 16.4. The number of imidazole rings is 1. The van der Waals surface area contributed by atoms with Crippen molar-refractivity contribution in [1.29, 1.82) is 0 Å². The van der Waals surface area contributed by atoms with Crippen molar-refractivity contribution in [1.82, 2.24) is 29.4 Å². The molecule has 0 saturated carbocycles. The Balaban J connectivity index is 1.78. The van der Waals surface area contributed by atoms with E-state index < -0.39 is 0 Å². The molecule has 4 aromatic heterocycles. The van der Waals surface area contributed by atoms with Crippen LogP contribution in [0, 0.1) is 0 Å². The molecule has 0 radical (unpaired) electrons. The number of aromatic nitrogens is 6. The van der Waals surface area contributed by atoms with E-state index in [1.54, 1.807) is 12.4 Å². The molecule has 1 aromatic carbocycles. The molecule has 0 aliphatic heterocycles. The van der Waals surface area contributed by atoms with E-state index in [0.717, 1.165) is 33.4 Å². The third-order valence-corrected chi connectivity index (χ3v) is 5.00. The highest BCUT2D eigenvalue weighted by atomic mass is 16.1. The van der Waals surface area contributed by atoms with Crippen LogP contribution in [0.2, 0.25) is 0 Å². The van der Waals surface area contributed by atoms with Crippen LogP contribution in [-0.2, 0) is 13.6 Å². The molecular formula is C20H17N7O. The van der Waals surface area contributed by atoms with E-state index in [1.165, 1.54) is 0 Å². The minimum absolute atomic E-state index is 0.228. The van der Waals surface area contributed by atoms with Crippen molar-refractivity contribution >= 4 is 16.3 Å². The molecule has 0 aliphatic carbocycles. The molecule has 5 aromatic rings. The minimum atomic E-state index is -0.228. The number of H-pyrrole nitrogens is 1. The van der Waals surface area contributed by atoms with Crippen LogP contribution < -0.4 is 11.3 Å². The summed E-state index contributed by atoms with van der Waals surface area (Å²) in [5.41, 5.74) is 11.1. The van der Waals surface area contributed by atoms with Crippen molar-refractivity contribution in [3.05, 3.63) is 71.2 Å². The number of benzene rings is 1. The summed E-state index contributed by atoms with van der Waals surface area (Å²) >= 11 is 0. The molecule has 0 saturated heterocycles. The van der Waals surface area contributed by atoms with Crippen LogP contribution in [0.25, 0.3) is 38.8 Å². The van der Waals surface area contributed by atoms with Crippen LogP contribution in [0.15, 0.2) is 59.9 Å². The van der Waals surface area contributed by atoms with E-state index in [9.17, 15) is 4.79 Å². The van der Waals surface area contributed by atoms with Gasteiger partial charge in [0, 0.05) is 24.5 Å². The molecule has 5 rings (SSSR count). The van der Waals surface area contributed by atoms with Crippen molar-refractivity contribution in [2.24, 2.45) is 12.8 Å². The molecule has 138 valence electrons. The standard InChI is InChI=1S/C20H17N7O/c1-26-19(18-4-2-3-13-9-22-11-27(13)18)16(10-23-26)12-5-6-14-15(7-12)17(8-21)24-25-20(14)28/h2-7,9-11H,8,21H2,1H3,(H,25,28). The van der Waals surface area contributed by atoms with Gasteiger partial charge in [0.1, 0.15) is 0 Å². The van der Waals surface area contributed by atoms with Crippen molar-refractivity contribution in [2.45, 2.75) is 6.54 Å². The number of nitrogens with zero attached hydrogens (tertiary/aromatic N) is 5. The molecule has 3 N–H and O–H groups in total. The Morgan fingerprint density at radius 1 is 1.14 bits per heavy atom. The summed E-state index contributed by atoms with van der Waals surface area (Å²) in [6.07, 6.45) is 5.44. The fourth-order valence-corrected chi connectivity index (χ4v) is 3.64. The molecule has 8 nitrogen and oxygen atoms in total. The van der Waals surface area contributed by atoms with Crippen LogP contribution in [0.5, 0.6) is 0 Å². The molecule has 28 heavy (non-hydrogen) atoms. The molecule has 0 fully saturated rings. The second-order valence-electron chi connectivity index (χ2n) is 6.59. The van der Waals surface area contributed by atoms with Gasteiger partial charge in [0.2, 0.25) is 0 Å². The summed E-state index contributed by atoms with van der Waals surface area (Å²) in [4.78, 5) is 16.4. The summed E-state index contributed by atoms with van der Waals surface area (Å²) in [6, 6.07) is 11.7. The Kier molecular flexibility index (Phi) is 3.59. The first-order valence-electron chi connectivity index (χ1n) is 8.82. The number of aryl methyl sites for hydroxylation is 1. The second-order valence-corrected chi connectivity index (χ2v) is 6.59. The topological polar surface area (TPSA) is 107 Å². The van der Waals surface area contributed by atoms with Crippen LogP contribution in [0.1, 0.15) is 5.69 Å². The first-order valence-corrected chi connectivity index (χ1v) is 8.82. The third-order valence-electron chi connectivity index (χ3n) is 5.00. The van der Waals surface area contributed by atoms with E-state index in [0.29, 0.717) is 11.1 Å². The van der Waals surface area contributed by atoms with Crippen molar-refractivity contribution < 1.29 is 0 Å². The fourth-order valence-electron chi connectivity index (χ4n) is 3.64. The number of aromatic amines is 1. The van der Waals surface area contributed by atoms with E-state index in [1.807, 2.05) is 58.9 Å². The van der Waals surface area contributed by atoms with Gasteiger partial charge in [0.05, 0.1) is 46.7 Å². The van der Waals surface area contributed by atoms with E-state index in [2.05, 4.69) is 20.3 Å². The molecule has 4 heterocycles. The van der Waals surface area contributed by atoms with Gasteiger partial charge in [-0.25, -0.2) is 10.1 Å². The zero-order chi connectivity index (χ0) is 19.3.